The van der Waals surface area contributed by atoms with Crippen LogP contribution in [-0.4, -0.2) is 25.5 Å². The van der Waals surface area contributed by atoms with E-state index < -0.39 is 0 Å². The molecule has 1 heterocycles. The average molecular weight is 260 g/mol. The molecule has 1 fully saturated rings. The number of carbonyl (C=O) groups excluding carboxylic acids is 1. The predicted molar refractivity (Wildman–Crippen MR) is 78.0 cm³/mol. The second kappa shape index (κ2) is 6.71. The van der Waals surface area contributed by atoms with Gasteiger partial charge < -0.3 is 10.6 Å². The topological polar surface area (TPSA) is 41.1 Å². The van der Waals surface area contributed by atoms with Crippen molar-refractivity contribution in [3.8, 4) is 0 Å². The monoisotopic (exact) mass is 260 g/mol. The Labute approximate surface area is 115 Å². The van der Waals surface area contributed by atoms with Crippen molar-refractivity contribution >= 4 is 5.91 Å². The summed E-state index contributed by atoms with van der Waals surface area (Å²) in [6.45, 7) is 6.94. The molecule has 0 bridgehead atoms. The van der Waals surface area contributed by atoms with E-state index in [1.807, 2.05) is 6.07 Å². The van der Waals surface area contributed by atoms with Crippen LogP contribution in [0.5, 0.6) is 0 Å². The van der Waals surface area contributed by atoms with Crippen LogP contribution in [-0.2, 0) is 4.79 Å². The molecule has 0 aromatic heterocycles. The average Bonchev–Trinajstić information content (AvgIpc) is 2.93. The fourth-order valence-electron chi connectivity index (χ4n) is 2.67. The number of hydrogen-bond donors (Lipinski definition) is 2. The Morgan fingerprint density at radius 3 is 2.68 bits per heavy atom. The van der Waals surface area contributed by atoms with E-state index in [0.717, 1.165) is 26.1 Å². The van der Waals surface area contributed by atoms with Gasteiger partial charge in [-0.3, -0.25) is 4.79 Å². The minimum Gasteiger partial charge on any atom is -0.355 e. The van der Waals surface area contributed by atoms with Gasteiger partial charge in [0.25, 0.3) is 0 Å². The molecular weight excluding hydrogens is 236 g/mol. The maximum Gasteiger partial charge on any atom is 0.224 e. The van der Waals surface area contributed by atoms with Crippen molar-refractivity contribution in [1.82, 2.24) is 10.6 Å². The number of nitrogens with one attached hydrogen (secondary N) is 2. The highest BCUT2D eigenvalue weighted by molar-refractivity contribution is 5.79. The van der Waals surface area contributed by atoms with Crippen LogP contribution >= 0.6 is 0 Å². The van der Waals surface area contributed by atoms with E-state index in [9.17, 15) is 4.79 Å². The third-order valence-corrected chi connectivity index (χ3v) is 3.96. The molecule has 2 N–H and O–H groups in total. The summed E-state index contributed by atoms with van der Waals surface area (Å²) in [6.07, 6.45) is 0.962. The summed E-state index contributed by atoms with van der Waals surface area (Å²) in [7, 11) is 0. The fourth-order valence-corrected chi connectivity index (χ4v) is 2.67. The van der Waals surface area contributed by atoms with Crippen LogP contribution < -0.4 is 10.6 Å². The zero-order valence-electron chi connectivity index (χ0n) is 11.9. The number of amides is 1. The maximum atomic E-state index is 12.1. The molecule has 2 rings (SSSR count). The van der Waals surface area contributed by atoms with Crippen LogP contribution in [0.4, 0.5) is 0 Å². The highest BCUT2D eigenvalue weighted by Crippen LogP contribution is 2.23. The summed E-state index contributed by atoms with van der Waals surface area (Å²) in [5.41, 5.74) is 1.31. The van der Waals surface area contributed by atoms with Crippen molar-refractivity contribution in [3.05, 3.63) is 35.9 Å². The Morgan fingerprint density at radius 1 is 1.37 bits per heavy atom. The van der Waals surface area contributed by atoms with Crippen molar-refractivity contribution in [2.24, 2.45) is 11.8 Å². The van der Waals surface area contributed by atoms with Gasteiger partial charge in [-0.25, -0.2) is 0 Å². The Balaban J connectivity index is 1.92. The van der Waals surface area contributed by atoms with Crippen LogP contribution in [0.15, 0.2) is 30.3 Å². The lowest BCUT2D eigenvalue weighted by Gasteiger charge is -2.22. The minimum atomic E-state index is 0.156. The predicted octanol–water partition coefficient (Wildman–Crippen LogP) is 2.15. The minimum absolute atomic E-state index is 0.156. The SMILES string of the molecule is CC(C)C(CNC(=O)C1CCNC1)c1ccccc1. The first-order valence-corrected chi connectivity index (χ1v) is 7.22. The summed E-state index contributed by atoms with van der Waals surface area (Å²) in [6, 6.07) is 10.5. The zero-order valence-corrected chi connectivity index (χ0v) is 11.9. The molecule has 0 spiro atoms. The van der Waals surface area contributed by atoms with E-state index in [-0.39, 0.29) is 11.8 Å². The smallest absolute Gasteiger partial charge is 0.224 e. The summed E-state index contributed by atoms with van der Waals surface area (Å²) in [5.74, 6) is 1.26. The summed E-state index contributed by atoms with van der Waals surface area (Å²) in [4.78, 5) is 12.1. The molecule has 19 heavy (non-hydrogen) atoms. The lowest BCUT2D eigenvalue weighted by molar-refractivity contribution is -0.124. The molecule has 1 aliphatic rings. The molecule has 3 nitrogen and oxygen atoms in total. The summed E-state index contributed by atoms with van der Waals surface area (Å²) >= 11 is 0. The van der Waals surface area contributed by atoms with Crippen molar-refractivity contribution < 1.29 is 4.79 Å². The van der Waals surface area contributed by atoms with Crippen molar-refractivity contribution in [1.29, 1.82) is 0 Å². The molecule has 3 heteroatoms. The molecule has 0 aliphatic carbocycles. The van der Waals surface area contributed by atoms with Gasteiger partial charge in [0, 0.05) is 19.0 Å². The lowest BCUT2D eigenvalue weighted by atomic mass is 9.88. The lowest BCUT2D eigenvalue weighted by Crippen LogP contribution is -2.35. The highest BCUT2D eigenvalue weighted by atomic mass is 16.1. The van der Waals surface area contributed by atoms with Gasteiger partial charge in [-0.05, 0) is 24.4 Å². The molecule has 1 aliphatic heterocycles. The Bertz CT molecular complexity index is 396. The second-order valence-corrected chi connectivity index (χ2v) is 5.70. The first-order valence-electron chi connectivity index (χ1n) is 7.22. The van der Waals surface area contributed by atoms with Gasteiger partial charge in [0.05, 0.1) is 5.92 Å². The number of carbonyl (C=O) groups is 1. The van der Waals surface area contributed by atoms with Crippen LogP contribution in [0, 0.1) is 11.8 Å². The van der Waals surface area contributed by atoms with Crippen LogP contribution in [0.25, 0.3) is 0 Å². The Kier molecular flexibility index (Phi) is 4.97. The molecule has 104 valence electrons. The third kappa shape index (κ3) is 3.80. The van der Waals surface area contributed by atoms with Gasteiger partial charge >= 0.3 is 0 Å². The molecule has 1 aromatic carbocycles. The van der Waals surface area contributed by atoms with Crippen molar-refractivity contribution in [2.75, 3.05) is 19.6 Å². The summed E-state index contributed by atoms with van der Waals surface area (Å²) < 4.78 is 0. The first-order chi connectivity index (χ1) is 9.18. The van der Waals surface area contributed by atoms with Crippen LogP contribution in [0.1, 0.15) is 31.7 Å². The van der Waals surface area contributed by atoms with Gasteiger partial charge in [-0.2, -0.15) is 0 Å². The first kappa shape index (κ1) is 14.1. The largest absolute Gasteiger partial charge is 0.355 e. The molecule has 0 radical (unpaired) electrons. The molecular formula is C16H24N2O. The van der Waals surface area contributed by atoms with E-state index in [4.69, 9.17) is 0 Å². The molecule has 2 unspecified atom stereocenters. The normalized spacial score (nSPS) is 20.5. The van der Waals surface area contributed by atoms with Crippen molar-refractivity contribution in [3.63, 3.8) is 0 Å². The molecule has 2 atom stereocenters. The molecule has 1 amide bonds. The van der Waals surface area contributed by atoms with E-state index >= 15 is 0 Å². The number of rotatable bonds is 5. The van der Waals surface area contributed by atoms with E-state index in [1.165, 1.54) is 5.56 Å². The van der Waals surface area contributed by atoms with Crippen molar-refractivity contribution in [2.45, 2.75) is 26.2 Å². The Hall–Kier alpha value is -1.35. The van der Waals surface area contributed by atoms with Crippen LogP contribution in [0.2, 0.25) is 0 Å². The van der Waals surface area contributed by atoms with E-state index in [0.29, 0.717) is 11.8 Å². The standard InChI is InChI=1S/C16H24N2O/c1-12(2)15(13-6-4-3-5-7-13)11-18-16(19)14-8-9-17-10-14/h3-7,12,14-15,17H,8-11H2,1-2H3,(H,18,19). The molecule has 1 saturated heterocycles. The maximum absolute atomic E-state index is 12.1. The van der Waals surface area contributed by atoms with Gasteiger partial charge in [-0.15, -0.1) is 0 Å². The molecule has 1 aromatic rings. The van der Waals surface area contributed by atoms with E-state index in [2.05, 4.69) is 48.7 Å². The summed E-state index contributed by atoms with van der Waals surface area (Å²) in [5, 5.41) is 6.36. The number of benzene rings is 1. The second-order valence-electron chi connectivity index (χ2n) is 5.70. The van der Waals surface area contributed by atoms with Gasteiger partial charge in [0.15, 0.2) is 0 Å². The Morgan fingerprint density at radius 2 is 2.11 bits per heavy atom. The van der Waals surface area contributed by atoms with E-state index in [1.54, 1.807) is 0 Å². The van der Waals surface area contributed by atoms with Crippen LogP contribution in [0.3, 0.4) is 0 Å². The van der Waals surface area contributed by atoms with Gasteiger partial charge in [-0.1, -0.05) is 44.2 Å². The van der Waals surface area contributed by atoms with Gasteiger partial charge in [0.2, 0.25) is 5.91 Å². The highest BCUT2D eigenvalue weighted by Gasteiger charge is 2.23. The molecule has 0 saturated carbocycles. The fraction of sp³-hybridized carbons (Fsp3) is 0.562. The number of hydrogen-bond acceptors (Lipinski definition) is 2. The van der Waals surface area contributed by atoms with Gasteiger partial charge in [0.1, 0.15) is 0 Å². The zero-order chi connectivity index (χ0) is 13.7. The third-order valence-electron chi connectivity index (χ3n) is 3.96. The quantitative estimate of drug-likeness (QED) is 0.851.